The van der Waals surface area contributed by atoms with Crippen LogP contribution < -0.4 is 4.74 Å². The second-order valence-electron chi connectivity index (χ2n) is 9.73. The molecule has 1 amide bonds. The van der Waals surface area contributed by atoms with Gasteiger partial charge in [0.25, 0.3) is 5.91 Å². The maximum atomic E-state index is 13.4. The second-order valence-corrected chi connectivity index (χ2v) is 9.73. The highest BCUT2D eigenvalue weighted by atomic mass is 16.5. The molecule has 0 spiro atoms. The summed E-state index contributed by atoms with van der Waals surface area (Å²) in [6.45, 7) is 2.62. The Morgan fingerprint density at radius 2 is 2.00 bits per heavy atom. The quantitative estimate of drug-likeness (QED) is 0.628. The van der Waals surface area contributed by atoms with Crippen LogP contribution in [0, 0.1) is 11.8 Å². The summed E-state index contributed by atoms with van der Waals surface area (Å²) in [5.41, 5.74) is 4.94. The standard InChI is InChI=1S/C25H30N6O2/c1-33-19-5-7-20-18(13-19)4-6-21-23(20)28-29-24(21)25(32)30-10-8-16(9-11-30)12-22-27-26-15-31(22)14-17-2-3-17/h5,7,13,15-17H,2-4,6,8-12,14H2,1H3,(H,28,29). The average Bonchev–Trinajstić information content (AvgIpc) is 3.39. The number of likely N-dealkylation sites (tertiary alicyclic amines) is 1. The van der Waals surface area contributed by atoms with Crippen molar-refractivity contribution < 1.29 is 9.53 Å². The van der Waals surface area contributed by atoms with Gasteiger partial charge in [0.2, 0.25) is 0 Å². The fourth-order valence-corrected chi connectivity index (χ4v) is 5.33. The number of H-pyrrole nitrogens is 1. The molecule has 1 aliphatic heterocycles. The van der Waals surface area contributed by atoms with Crippen molar-refractivity contribution in [2.45, 2.75) is 51.5 Å². The number of aryl methyl sites for hydroxylation is 1. The fourth-order valence-electron chi connectivity index (χ4n) is 5.33. The number of benzene rings is 1. The topological polar surface area (TPSA) is 88.9 Å². The highest BCUT2D eigenvalue weighted by Crippen LogP contribution is 2.36. The Kier molecular flexibility index (Phi) is 5.15. The van der Waals surface area contributed by atoms with E-state index in [0.29, 0.717) is 11.6 Å². The number of methoxy groups -OCH3 is 1. The lowest BCUT2D eigenvalue weighted by molar-refractivity contribution is 0.0682. The molecule has 6 rings (SSSR count). The molecule has 3 aliphatic rings. The van der Waals surface area contributed by atoms with E-state index in [0.717, 1.165) is 86.1 Å². The molecule has 0 unspecified atom stereocenters. The SMILES string of the molecule is COc1ccc2c(c1)CCc1c-2n[nH]c1C(=O)N1CCC(Cc2nncn2CC2CC2)CC1. The van der Waals surface area contributed by atoms with Crippen molar-refractivity contribution in [3.63, 3.8) is 0 Å². The van der Waals surface area contributed by atoms with E-state index in [9.17, 15) is 4.79 Å². The molecular weight excluding hydrogens is 416 g/mol. The van der Waals surface area contributed by atoms with E-state index in [2.05, 4.69) is 37.1 Å². The number of nitrogens with one attached hydrogen (secondary N) is 1. The summed E-state index contributed by atoms with van der Waals surface area (Å²) in [5, 5.41) is 16.1. The van der Waals surface area contributed by atoms with Crippen molar-refractivity contribution in [1.29, 1.82) is 0 Å². The molecule has 1 saturated carbocycles. The summed E-state index contributed by atoms with van der Waals surface area (Å²) in [7, 11) is 1.68. The lowest BCUT2D eigenvalue weighted by atomic mass is 9.88. The number of nitrogens with zero attached hydrogens (tertiary/aromatic N) is 5. The average molecular weight is 447 g/mol. The van der Waals surface area contributed by atoms with E-state index >= 15 is 0 Å². The fraction of sp³-hybridized carbons (Fsp3) is 0.520. The summed E-state index contributed by atoms with van der Waals surface area (Å²) in [6.07, 6.45) is 9.20. The number of aromatic nitrogens is 5. The number of hydrogen-bond acceptors (Lipinski definition) is 5. The van der Waals surface area contributed by atoms with Crippen LogP contribution in [0.5, 0.6) is 5.75 Å². The molecule has 8 heteroatoms. The number of carbonyl (C=O) groups excluding carboxylic acids is 1. The third kappa shape index (κ3) is 3.92. The van der Waals surface area contributed by atoms with Crippen molar-refractivity contribution in [2.75, 3.05) is 20.2 Å². The van der Waals surface area contributed by atoms with Gasteiger partial charge in [0.05, 0.1) is 12.8 Å². The first-order chi connectivity index (χ1) is 16.2. The number of hydrogen-bond donors (Lipinski definition) is 1. The smallest absolute Gasteiger partial charge is 0.272 e. The third-order valence-electron chi connectivity index (χ3n) is 7.51. The van der Waals surface area contributed by atoms with Gasteiger partial charge < -0.3 is 14.2 Å². The maximum Gasteiger partial charge on any atom is 0.272 e. The van der Waals surface area contributed by atoms with Gasteiger partial charge in [-0.05, 0) is 74.1 Å². The lowest BCUT2D eigenvalue weighted by Gasteiger charge is -2.32. The molecular formula is C25H30N6O2. The summed E-state index contributed by atoms with van der Waals surface area (Å²) in [4.78, 5) is 15.3. The van der Waals surface area contributed by atoms with Crippen LogP contribution in [0.3, 0.4) is 0 Å². The monoisotopic (exact) mass is 446 g/mol. The summed E-state index contributed by atoms with van der Waals surface area (Å²) < 4.78 is 7.60. The molecule has 172 valence electrons. The minimum Gasteiger partial charge on any atom is -0.497 e. The first-order valence-corrected chi connectivity index (χ1v) is 12.1. The number of fused-ring (bicyclic) bond motifs is 3. The Hall–Kier alpha value is -3.16. The Bertz CT molecular complexity index is 1170. The van der Waals surface area contributed by atoms with Crippen molar-refractivity contribution in [2.24, 2.45) is 11.8 Å². The predicted molar refractivity (Wildman–Crippen MR) is 123 cm³/mol. The van der Waals surface area contributed by atoms with Crippen LogP contribution in [0.4, 0.5) is 0 Å². The van der Waals surface area contributed by atoms with Crippen LogP contribution in [-0.2, 0) is 25.8 Å². The van der Waals surface area contributed by atoms with Gasteiger partial charge in [-0.15, -0.1) is 10.2 Å². The molecule has 2 fully saturated rings. The highest BCUT2D eigenvalue weighted by Gasteiger charge is 2.31. The molecule has 0 atom stereocenters. The van der Waals surface area contributed by atoms with Gasteiger partial charge in [0.1, 0.15) is 23.6 Å². The number of amides is 1. The summed E-state index contributed by atoms with van der Waals surface area (Å²) in [6, 6.07) is 6.08. The van der Waals surface area contributed by atoms with Gasteiger partial charge >= 0.3 is 0 Å². The van der Waals surface area contributed by atoms with E-state index < -0.39 is 0 Å². The van der Waals surface area contributed by atoms with Crippen molar-refractivity contribution >= 4 is 5.91 Å². The molecule has 2 aromatic heterocycles. The molecule has 3 aromatic rings. The molecule has 1 saturated heterocycles. The van der Waals surface area contributed by atoms with Crippen LogP contribution in [0.1, 0.15) is 53.1 Å². The Labute approximate surface area is 193 Å². The number of ether oxygens (including phenoxy) is 1. The van der Waals surface area contributed by atoms with E-state index in [1.807, 2.05) is 17.3 Å². The Morgan fingerprint density at radius 1 is 1.15 bits per heavy atom. The van der Waals surface area contributed by atoms with Gasteiger partial charge in [0.15, 0.2) is 0 Å². The predicted octanol–water partition coefficient (Wildman–Crippen LogP) is 3.28. The summed E-state index contributed by atoms with van der Waals surface area (Å²) >= 11 is 0. The van der Waals surface area contributed by atoms with E-state index in [1.54, 1.807) is 7.11 Å². The van der Waals surface area contributed by atoms with Crippen LogP contribution >= 0.6 is 0 Å². The van der Waals surface area contributed by atoms with E-state index in [-0.39, 0.29) is 5.91 Å². The first-order valence-electron chi connectivity index (χ1n) is 12.1. The zero-order valence-corrected chi connectivity index (χ0v) is 19.1. The molecule has 3 heterocycles. The van der Waals surface area contributed by atoms with Crippen molar-refractivity contribution in [3.8, 4) is 17.0 Å². The number of carbonyl (C=O) groups is 1. The van der Waals surface area contributed by atoms with E-state index in [4.69, 9.17) is 4.74 Å². The third-order valence-corrected chi connectivity index (χ3v) is 7.51. The number of piperidine rings is 1. The largest absolute Gasteiger partial charge is 0.497 e. The molecule has 2 aliphatic carbocycles. The van der Waals surface area contributed by atoms with Gasteiger partial charge in [0, 0.05) is 37.2 Å². The van der Waals surface area contributed by atoms with Crippen molar-refractivity contribution in [1.82, 2.24) is 29.9 Å². The highest BCUT2D eigenvalue weighted by molar-refractivity contribution is 5.96. The second kappa shape index (κ2) is 8.32. The van der Waals surface area contributed by atoms with E-state index in [1.165, 1.54) is 18.4 Å². The molecule has 0 bridgehead atoms. The Morgan fingerprint density at radius 3 is 2.79 bits per heavy atom. The van der Waals surface area contributed by atoms with Crippen LogP contribution in [0.25, 0.3) is 11.3 Å². The summed E-state index contributed by atoms with van der Waals surface area (Å²) in [5.74, 6) is 3.40. The first kappa shape index (κ1) is 20.4. The molecule has 33 heavy (non-hydrogen) atoms. The number of rotatable bonds is 6. The normalized spacial score (nSPS) is 18.2. The van der Waals surface area contributed by atoms with Gasteiger partial charge in [-0.25, -0.2) is 0 Å². The minimum absolute atomic E-state index is 0.0797. The molecule has 1 N–H and O–H groups in total. The zero-order chi connectivity index (χ0) is 22.4. The Balaban J connectivity index is 1.11. The maximum absolute atomic E-state index is 13.4. The van der Waals surface area contributed by atoms with Crippen LogP contribution in [0.2, 0.25) is 0 Å². The lowest BCUT2D eigenvalue weighted by Crippen LogP contribution is -2.39. The van der Waals surface area contributed by atoms with Crippen molar-refractivity contribution in [3.05, 3.63) is 47.2 Å². The van der Waals surface area contributed by atoms with Gasteiger partial charge in [-0.2, -0.15) is 5.10 Å². The minimum atomic E-state index is 0.0797. The molecule has 8 nitrogen and oxygen atoms in total. The number of aromatic amines is 1. The van der Waals surface area contributed by atoms with Crippen LogP contribution in [-0.4, -0.2) is 56.0 Å². The van der Waals surface area contributed by atoms with Gasteiger partial charge in [-0.1, -0.05) is 0 Å². The molecule has 1 aromatic carbocycles. The zero-order valence-electron chi connectivity index (χ0n) is 19.1. The van der Waals surface area contributed by atoms with Crippen LogP contribution in [0.15, 0.2) is 24.5 Å². The molecule has 0 radical (unpaired) electrons. The van der Waals surface area contributed by atoms with Gasteiger partial charge in [-0.3, -0.25) is 9.89 Å².